The quantitative estimate of drug-likeness (QED) is 0.589. The highest BCUT2D eigenvalue weighted by Crippen LogP contribution is 2.46. The molecule has 29 heavy (non-hydrogen) atoms. The first-order chi connectivity index (χ1) is 14.1. The van der Waals surface area contributed by atoms with E-state index < -0.39 is 5.92 Å². The van der Waals surface area contributed by atoms with Crippen LogP contribution in [0.3, 0.4) is 0 Å². The third kappa shape index (κ3) is 3.78. The van der Waals surface area contributed by atoms with Gasteiger partial charge in [-0.2, -0.15) is 5.26 Å². The number of phenolic OH excluding ortho intramolecular Hbond substituents is 1. The Morgan fingerprint density at radius 1 is 1.07 bits per heavy atom. The number of hydrogen-bond acceptors (Lipinski definition) is 5. The molecule has 3 aromatic carbocycles. The van der Waals surface area contributed by atoms with Gasteiger partial charge in [0, 0.05) is 21.7 Å². The molecule has 1 atom stereocenters. The fourth-order valence-electron chi connectivity index (χ4n) is 3.38. The van der Waals surface area contributed by atoms with E-state index in [1.54, 1.807) is 12.1 Å². The molecule has 0 fully saturated rings. The Morgan fingerprint density at radius 2 is 1.86 bits per heavy atom. The van der Waals surface area contributed by atoms with E-state index in [2.05, 4.69) is 22.0 Å². The number of allylic oxidation sites excluding steroid dienone is 1. The van der Waals surface area contributed by atoms with Crippen molar-refractivity contribution in [3.8, 4) is 23.3 Å². The average Bonchev–Trinajstić information content (AvgIpc) is 2.72. The minimum absolute atomic E-state index is 0.0181. The van der Waals surface area contributed by atoms with Gasteiger partial charge < -0.3 is 20.3 Å². The van der Waals surface area contributed by atoms with Crippen LogP contribution in [0.4, 0.5) is 0 Å². The Balaban J connectivity index is 1.81. The van der Waals surface area contributed by atoms with Gasteiger partial charge in [0.25, 0.3) is 0 Å². The predicted molar refractivity (Wildman–Crippen MR) is 112 cm³/mol. The number of phenols is 1. The van der Waals surface area contributed by atoms with E-state index in [1.165, 1.54) is 6.07 Å². The molecule has 0 aliphatic carbocycles. The van der Waals surface area contributed by atoms with Crippen LogP contribution >= 0.6 is 15.9 Å². The highest BCUT2D eigenvalue weighted by Gasteiger charge is 2.33. The van der Waals surface area contributed by atoms with E-state index in [4.69, 9.17) is 15.2 Å². The number of nitriles is 1. The Kier molecular flexibility index (Phi) is 5.15. The Bertz CT molecular complexity index is 1140. The van der Waals surface area contributed by atoms with Crippen molar-refractivity contribution in [3.05, 3.63) is 99.3 Å². The van der Waals surface area contributed by atoms with Gasteiger partial charge in [-0.25, -0.2) is 0 Å². The molecular formula is C23H17BrN2O3. The molecule has 3 N–H and O–H groups in total. The summed E-state index contributed by atoms with van der Waals surface area (Å²) in [6.07, 6.45) is 0. The Hall–Kier alpha value is -3.43. The lowest BCUT2D eigenvalue weighted by Gasteiger charge is -2.28. The van der Waals surface area contributed by atoms with E-state index in [9.17, 15) is 10.4 Å². The van der Waals surface area contributed by atoms with Crippen molar-refractivity contribution in [2.24, 2.45) is 5.73 Å². The maximum absolute atomic E-state index is 9.83. The molecule has 1 heterocycles. The number of ether oxygens (including phenoxy) is 2. The third-order valence-corrected chi connectivity index (χ3v) is 5.22. The maximum atomic E-state index is 9.83. The zero-order chi connectivity index (χ0) is 20.4. The maximum Gasteiger partial charge on any atom is 0.205 e. The van der Waals surface area contributed by atoms with Crippen LogP contribution in [0.1, 0.15) is 22.6 Å². The van der Waals surface area contributed by atoms with Crippen molar-refractivity contribution in [1.29, 1.82) is 5.26 Å². The lowest BCUT2D eigenvalue weighted by Crippen LogP contribution is -2.21. The standard InChI is InChI=1S/C23H17BrN2O3/c24-15-6-9-20(28-13-14-4-2-1-3-5-14)18(10-15)22-17-8-7-16(27)11-21(17)29-23(26)19(22)12-25/h1-11,22,27H,13,26H2. The monoisotopic (exact) mass is 448 g/mol. The molecule has 1 unspecified atom stereocenters. The van der Waals surface area contributed by atoms with Crippen LogP contribution in [0.15, 0.2) is 82.7 Å². The molecule has 5 nitrogen and oxygen atoms in total. The molecule has 0 radical (unpaired) electrons. The summed E-state index contributed by atoms with van der Waals surface area (Å²) < 4.78 is 12.6. The van der Waals surface area contributed by atoms with E-state index >= 15 is 0 Å². The zero-order valence-electron chi connectivity index (χ0n) is 15.3. The number of aromatic hydroxyl groups is 1. The fraction of sp³-hybridized carbons (Fsp3) is 0.0870. The van der Waals surface area contributed by atoms with Crippen molar-refractivity contribution >= 4 is 15.9 Å². The molecule has 0 spiro atoms. The van der Waals surface area contributed by atoms with Gasteiger partial charge in [0.2, 0.25) is 5.88 Å². The lowest BCUT2D eigenvalue weighted by atomic mass is 9.83. The molecule has 1 aliphatic heterocycles. The van der Waals surface area contributed by atoms with Gasteiger partial charge in [0.15, 0.2) is 0 Å². The molecule has 0 bridgehead atoms. The number of nitrogens with two attached hydrogens (primary N) is 1. The molecule has 0 aromatic heterocycles. The second kappa shape index (κ2) is 7.90. The Morgan fingerprint density at radius 3 is 2.62 bits per heavy atom. The summed E-state index contributed by atoms with van der Waals surface area (Å²) in [7, 11) is 0. The van der Waals surface area contributed by atoms with Gasteiger partial charge >= 0.3 is 0 Å². The van der Waals surface area contributed by atoms with Gasteiger partial charge in [-0.05, 0) is 29.8 Å². The van der Waals surface area contributed by atoms with Crippen LogP contribution in [0.2, 0.25) is 0 Å². The molecule has 4 rings (SSSR count). The summed E-state index contributed by atoms with van der Waals surface area (Å²) >= 11 is 3.51. The van der Waals surface area contributed by atoms with Crippen LogP contribution in [0.25, 0.3) is 0 Å². The van der Waals surface area contributed by atoms with Gasteiger partial charge in [0.1, 0.15) is 35.5 Å². The largest absolute Gasteiger partial charge is 0.508 e. The van der Waals surface area contributed by atoms with Crippen LogP contribution in [-0.4, -0.2) is 5.11 Å². The van der Waals surface area contributed by atoms with Crippen molar-refractivity contribution in [1.82, 2.24) is 0 Å². The summed E-state index contributed by atoms with van der Waals surface area (Å²) in [5.41, 5.74) is 8.88. The highest BCUT2D eigenvalue weighted by molar-refractivity contribution is 9.10. The molecule has 0 saturated heterocycles. The van der Waals surface area contributed by atoms with Crippen LogP contribution in [-0.2, 0) is 6.61 Å². The number of hydrogen-bond donors (Lipinski definition) is 2. The smallest absolute Gasteiger partial charge is 0.205 e. The molecule has 0 amide bonds. The minimum atomic E-state index is -0.479. The number of nitrogens with zero attached hydrogens (tertiary/aromatic N) is 1. The normalized spacial score (nSPS) is 15.2. The minimum Gasteiger partial charge on any atom is -0.508 e. The zero-order valence-corrected chi connectivity index (χ0v) is 16.9. The van der Waals surface area contributed by atoms with E-state index in [0.29, 0.717) is 23.7 Å². The van der Waals surface area contributed by atoms with Crippen molar-refractivity contribution in [3.63, 3.8) is 0 Å². The first kappa shape index (κ1) is 18.9. The van der Waals surface area contributed by atoms with Crippen LogP contribution in [0.5, 0.6) is 17.2 Å². The second-order valence-electron chi connectivity index (χ2n) is 6.60. The molecule has 144 valence electrons. The number of rotatable bonds is 4. The van der Waals surface area contributed by atoms with Crippen LogP contribution in [0, 0.1) is 11.3 Å². The number of fused-ring (bicyclic) bond motifs is 1. The van der Waals surface area contributed by atoms with Crippen molar-refractivity contribution in [2.45, 2.75) is 12.5 Å². The van der Waals surface area contributed by atoms with E-state index in [0.717, 1.165) is 21.2 Å². The summed E-state index contributed by atoms with van der Waals surface area (Å²) in [6, 6.07) is 22.5. The summed E-state index contributed by atoms with van der Waals surface area (Å²) in [5, 5.41) is 19.6. The summed E-state index contributed by atoms with van der Waals surface area (Å²) in [4.78, 5) is 0. The third-order valence-electron chi connectivity index (χ3n) is 4.72. The van der Waals surface area contributed by atoms with Gasteiger partial charge in [-0.3, -0.25) is 0 Å². The summed E-state index contributed by atoms with van der Waals surface area (Å²) in [6.45, 7) is 0.391. The fourth-order valence-corrected chi connectivity index (χ4v) is 3.75. The number of halogens is 1. The molecule has 6 heteroatoms. The Labute approximate surface area is 176 Å². The predicted octanol–water partition coefficient (Wildman–Crippen LogP) is 4.95. The molecule has 1 aliphatic rings. The van der Waals surface area contributed by atoms with Crippen LogP contribution < -0.4 is 15.2 Å². The lowest BCUT2D eigenvalue weighted by molar-refractivity contribution is 0.301. The first-order valence-corrected chi connectivity index (χ1v) is 9.73. The SMILES string of the molecule is N#CC1=C(N)Oc2cc(O)ccc2C1c1cc(Br)ccc1OCc1ccccc1. The van der Waals surface area contributed by atoms with Crippen molar-refractivity contribution in [2.75, 3.05) is 0 Å². The van der Waals surface area contributed by atoms with Crippen molar-refractivity contribution < 1.29 is 14.6 Å². The molecule has 3 aromatic rings. The second-order valence-corrected chi connectivity index (χ2v) is 7.52. The first-order valence-electron chi connectivity index (χ1n) is 8.93. The topological polar surface area (TPSA) is 88.5 Å². The number of benzene rings is 3. The molecular weight excluding hydrogens is 432 g/mol. The highest BCUT2D eigenvalue weighted by atomic mass is 79.9. The summed E-state index contributed by atoms with van der Waals surface area (Å²) in [5.74, 6) is 0.659. The van der Waals surface area contributed by atoms with Gasteiger partial charge in [-0.15, -0.1) is 0 Å². The molecule has 0 saturated carbocycles. The van der Waals surface area contributed by atoms with Gasteiger partial charge in [0.05, 0.1) is 5.92 Å². The van der Waals surface area contributed by atoms with Gasteiger partial charge in [-0.1, -0.05) is 52.3 Å². The van der Waals surface area contributed by atoms with E-state index in [1.807, 2.05) is 48.5 Å². The average molecular weight is 449 g/mol. The van der Waals surface area contributed by atoms with E-state index in [-0.39, 0.29) is 11.6 Å².